The van der Waals surface area contributed by atoms with Crippen molar-refractivity contribution in [2.24, 2.45) is 0 Å². The molecule has 176 valence electrons. The fourth-order valence-corrected chi connectivity index (χ4v) is 4.49. The molecule has 0 amide bonds. The van der Waals surface area contributed by atoms with Crippen molar-refractivity contribution in [3.63, 3.8) is 0 Å². The smallest absolute Gasteiger partial charge is 0.145 e. The lowest BCUT2D eigenvalue weighted by Crippen LogP contribution is -2.25. The van der Waals surface area contributed by atoms with Crippen molar-refractivity contribution in [1.29, 1.82) is 0 Å². The van der Waals surface area contributed by atoms with E-state index in [0.29, 0.717) is 17.3 Å². The summed E-state index contributed by atoms with van der Waals surface area (Å²) < 4.78 is 13.9. The summed E-state index contributed by atoms with van der Waals surface area (Å²) in [5.41, 5.74) is 3.69. The average Bonchev–Trinajstić information content (AvgIpc) is 3.49. The molecule has 1 fully saturated rings. The van der Waals surface area contributed by atoms with Gasteiger partial charge in [0.25, 0.3) is 0 Å². The van der Waals surface area contributed by atoms with Crippen LogP contribution in [-0.4, -0.2) is 36.9 Å². The first-order chi connectivity index (χ1) is 17.1. The van der Waals surface area contributed by atoms with Crippen LogP contribution in [-0.2, 0) is 0 Å². The third-order valence-corrected chi connectivity index (χ3v) is 6.35. The van der Waals surface area contributed by atoms with Gasteiger partial charge in [0.1, 0.15) is 35.5 Å². The first-order valence-corrected chi connectivity index (χ1v) is 11.7. The molecule has 6 rings (SSSR count). The number of aliphatic hydroxyl groups is 1. The zero-order chi connectivity index (χ0) is 23.8. The van der Waals surface area contributed by atoms with Crippen molar-refractivity contribution in [3.05, 3.63) is 78.9 Å². The molecule has 0 saturated heterocycles. The molecule has 3 aromatic heterocycles. The Kier molecular flexibility index (Phi) is 5.42. The molecular formula is C27H25N5O3. The van der Waals surface area contributed by atoms with Gasteiger partial charge in [0.05, 0.1) is 23.3 Å². The number of benzene rings is 2. The molecule has 0 bridgehead atoms. The summed E-state index contributed by atoms with van der Waals surface area (Å²) in [6, 6.07) is 17.5. The van der Waals surface area contributed by atoms with Gasteiger partial charge in [-0.05, 0) is 86.3 Å². The monoisotopic (exact) mass is 467 g/mol. The van der Waals surface area contributed by atoms with Crippen LogP contribution < -0.4 is 14.8 Å². The third kappa shape index (κ3) is 4.36. The van der Waals surface area contributed by atoms with Gasteiger partial charge in [-0.25, -0.2) is 14.5 Å². The van der Waals surface area contributed by atoms with E-state index in [1.54, 1.807) is 17.0 Å². The largest absolute Gasteiger partial charge is 0.488 e. The number of nitrogens with zero attached hydrogens (tertiary/aromatic N) is 4. The van der Waals surface area contributed by atoms with Crippen molar-refractivity contribution in [1.82, 2.24) is 19.6 Å². The van der Waals surface area contributed by atoms with Crippen molar-refractivity contribution in [2.75, 3.05) is 5.32 Å². The lowest BCUT2D eigenvalue weighted by atomic mass is 10.1. The maximum Gasteiger partial charge on any atom is 0.145 e. The quantitative estimate of drug-likeness (QED) is 0.345. The van der Waals surface area contributed by atoms with Gasteiger partial charge in [-0.15, -0.1) is 0 Å². The number of ether oxygens (including phenoxy) is 2. The van der Waals surface area contributed by atoms with Crippen molar-refractivity contribution in [3.8, 4) is 17.2 Å². The normalized spacial score (nSPS) is 17.7. The first kappa shape index (κ1) is 21.4. The van der Waals surface area contributed by atoms with Crippen LogP contribution in [0.1, 0.15) is 24.8 Å². The van der Waals surface area contributed by atoms with Gasteiger partial charge >= 0.3 is 0 Å². The zero-order valence-electron chi connectivity index (χ0n) is 19.3. The number of pyridine rings is 1. The minimum absolute atomic E-state index is 0.169. The number of aliphatic hydroxyl groups excluding tert-OH is 1. The summed E-state index contributed by atoms with van der Waals surface area (Å²) in [6.45, 7) is 2.00. The Morgan fingerprint density at radius 1 is 1.00 bits per heavy atom. The Hall–Kier alpha value is -4.17. The maximum atomic E-state index is 10.1. The highest BCUT2D eigenvalue weighted by Gasteiger charge is 2.27. The van der Waals surface area contributed by atoms with E-state index in [1.165, 1.54) is 0 Å². The molecule has 8 heteroatoms. The Morgan fingerprint density at radius 2 is 1.91 bits per heavy atom. The summed E-state index contributed by atoms with van der Waals surface area (Å²) in [7, 11) is 0. The van der Waals surface area contributed by atoms with E-state index in [1.807, 2.05) is 67.7 Å². The van der Waals surface area contributed by atoms with Gasteiger partial charge in [0.2, 0.25) is 0 Å². The van der Waals surface area contributed by atoms with Gasteiger partial charge in [0, 0.05) is 17.3 Å². The number of aryl methyl sites for hydroxylation is 1. The van der Waals surface area contributed by atoms with Crippen molar-refractivity contribution < 1.29 is 14.6 Å². The lowest BCUT2D eigenvalue weighted by Gasteiger charge is -2.18. The van der Waals surface area contributed by atoms with Crippen LogP contribution in [0.5, 0.6) is 17.2 Å². The van der Waals surface area contributed by atoms with Gasteiger partial charge in [-0.3, -0.25) is 0 Å². The van der Waals surface area contributed by atoms with Gasteiger partial charge in [-0.1, -0.05) is 0 Å². The second-order valence-corrected chi connectivity index (χ2v) is 8.83. The Labute approximate surface area is 202 Å². The summed E-state index contributed by atoms with van der Waals surface area (Å²) in [6.07, 6.45) is 7.20. The fourth-order valence-electron chi connectivity index (χ4n) is 4.49. The summed E-state index contributed by atoms with van der Waals surface area (Å²) in [5.74, 6) is 2.87. The minimum Gasteiger partial charge on any atom is -0.488 e. The fraction of sp³-hybridized carbons (Fsp3) is 0.222. The number of rotatable bonds is 6. The van der Waals surface area contributed by atoms with E-state index in [4.69, 9.17) is 9.47 Å². The number of aromatic nitrogens is 4. The second-order valence-electron chi connectivity index (χ2n) is 8.83. The number of fused-ring (bicyclic) bond motifs is 2. The van der Waals surface area contributed by atoms with Crippen LogP contribution in [0, 0.1) is 6.92 Å². The molecule has 0 aliphatic heterocycles. The van der Waals surface area contributed by atoms with Crippen LogP contribution in [0.25, 0.3) is 16.4 Å². The van der Waals surface area contributed by atoms with Crippen molar-refractivity contribution >= 4 is 27.9 Å². The average molecular weight is 468 g/mol. The molecule has 1 saturated carbocycles. The Bertz CT molecular complexity index is 1520. The molecule has 2 N–H and O–H groups in total. The van der Waals surface area contributed by atoms with Gasteiger partial charge in [-0.2, -0.15) is 5.10 Å². The van der Waals surface area contributed by atoms with Crippen LogP contribution in [0.2, 0.25) is 0 Å². The topological polar surface area (TPSA) is 93.8 Å². The summed E-state index contributed by atoms with van der Waals surface area (Å²) in [5, 5.41) is 18.6. The van der Waals surface area contributed by atoms with Gasteiger partial charge in [0.15, 0.2) is 0 Å². The van der Waals surface area contributed by atoms with Crippen LogP contribution in [0.15, 0.2) is 73.3 Å². The molecule has 2 aromatic carbocycles. The summed E-state index contributed by atoms with van der Waals surface area (Å²) >= 11 is 0. The Balaban J connectivity index is 1.23. The van der Waals surface area contributed by atoms with Crippen LogP contribution in [0.4, 0.5) is 11.5 Å². The molecule has 3 heterocycles. The van der Waals surface area contributed by atoms with E-state index >= 15 is 0 Å². The maximum absolute atomic E-state index is 10.1. The van der Waals surface area contributed by atoms with E-state index in [0.717, 1.165) is 52.7 Å². The molecule has 0 unspecified atom stereocenters. The van der Waals surface area contributed by atoms with Crippen LogP contribution in [0.3, 0.4) is 0 Å². The molecule has 1 aliphatic carbocycles. The highest BCUT2D eigenvalue weighted by Crippen LogP contribution is 2.32. The predicted molar refractivity (Wildman–Crippen MR) is 134 cm³/mol. The second kappa shape index (κ2) is 8.88. The van der Waals surface area contributed by atoms with Crippen molar-refractivity contribution in [2.45, 2.75) is 38.4 Å². The number of hydrogen-bond donors (Lipinski definition) is 2. The van der Waals surface area contributed by atoms with E-state index in [9.17, 15) is 5.11 Å². The highest BCUT2D eigenvalue weighted by molar-refractivity contribution is 5.91. The minimum atomic E-state index is -0.416. The molecule has 35 heavy (non-hydrogen) atoms. The lowest BCUT2D eigenvalue weighted by molar-refractivity contribution is 0.0605. The van der Waals surface area contributed by atoms with E-state index in [-0.39, 0.29) is 6.10 Å². The number of hydrogen-bond acceptors (Lipinski definition) is 7. The Morgan fingerprint density at radius 3 is 2.77 bits per heavy atom. The van der Waals surface area contributed by atoms with E-state index in [2.05, 4.69) is 20.4 Å². The molecular weight excluding hydrogens is 442 g/mol. The first-order valence-electron chi connectivity index (χ1n) is 11.7. The third-order valence-electron chi connectivity index (χ3n) is 6.35. The predicted octanol–water partition coefficient (Wildman–Crippen LogP) is 5.41. The van der Waals surface area contributed by atoms with Gasteiger partial charge < -0.3 is 19.9 Å². The number of anilines is 2. The van der Waals surface area contributed by atoms with Crippen LogP contribution >= 0.6 is 0 Å². The molecule has 0 spiro atoms. The zero-order valence-corrected chi connectivity index (χ0v) is 19.3. The van der Waals surface area contributed by atoms with E-state index < -0.39 is 6.10 Å². The molecule has 2 atom stereocenters. The molecule has 0 radical (unpaired) electrons. The molecule has 5 aromatic rings. The number of nitrogens with one attached hydrogen (secondary N) is 1. The SMILES string of the molecule is Cc1cc(Nc2ncnc3ccc(O[C@H]4CCC[C@@H]4O)cc23)ccc1Oc1ccc2ccnn2c1. The molecule has 8 nitrogen and oxygen atoms in total. The summed E-state index contributed by atoms with van der Waals surface area (Å²) in [4.78, 5) is 8.85. The standard InChI is InChI=1S/C27H25N5O3/c1-17-13-18(5-10-25(17)35-21-7-6-19-11-12-30-32(19)15-21)31-27-22-14-20(8-9-23(22)28-16-29-27)34-26-4-2-3-24(26)33/h5-16,24,26,33H,2-4H2,1H3,(H,28,29,31)/t24-,26-/m0/s1. The molecule has 1 aliphatic rings. The highest BCUT2D eigenvalue weighted by atomic mass is 16.5.